The second-order valence-corrected chi connectivity index (χ2v) is 6.63. The Bertz CT molecular complexity index is 599. The van der Waals surface area contributed by atoms with Gasteiger partial charge < -0.3 is 14.7 Å². The van der Waals surface area contributed by atoms with Crippen LogP contribution in [0.25, 0.3) is 0 Å². The van der Waals surface area contributed by atoms with Gasteiger partial charge in [0.05, 0.1) is 12.0 Å². The molecule has 1 atom stereocenters. The lowest BCUT2D eigenvalue weighted by molar-refractivity contribution is -0.152. The molecule has 0 aromatic heterocycles. The molecule has 0 aliphatic carbocycles. The Kier molecular flexibility index (Phi) is 4.75. The summed E-state index contributed by atoms with van der Waals surface area (Å²) in [7, 11) is 1.46. The highest BCUT2D eigenvalue weighted by molar-refractivity contribution is 5.88. The average molecular weight is 323 g/mol. The summed E-state index contributed by atoms with van der Waals surface area (Å²) in [6.45, 7) is 4.10. The maximum atomic E-state index is 13.1. The molecule has 0 saturated carbocycles. The van der Waals surface area contributed by atoms with Crippen molar-refractivity contribution in [3.8, 4) is 0 Å². The lowest BCUT2D eigenvalue weighted by Gasteiger charge is -2.31. The number of carbonyl (C=O) groups excluding carboxylic acids is 1. The third-order valence-electron chi connectivity index (χ3n) is 4.62. The maximum Gasteiger partial charge on any atom is 0.313 e. The van der Waals surface area contributed by atoms with E-state index in [1.54, 1.807) is 30.9 Å². The van der Waals surface area contributed by atoms with Crippen molar-refractivity contribution >= 4 is 11.9 Å². The minimum atomic E-state index is -1.05. The van der Waals surface area contributed by atoms with Crippen molar-refractivity contribution in [2.75, 3.05) is 26.8 Å². The number of carboxylic acid groups (broad SMARTS) is 1. The Labute approximate surface area is 135 Å². The number of likely N-dealkylation sites (tertiary alicyclic amines) is 1. The number of amides is 1. The van der Waals surface area contributed by atoms with Gasteiger partial charge in [0.2, 0.25) is 5.91 Å². The zero-order chi connectivity index (χ0) is 17.3. The number of methoxy groups -OCH3 is 1. The van der Waals surface area contributed by atoms with Crippen molar-refractivity contribution in [2.45, 2.75) is 25.7 Å². The van der Waals surface area contributed by atoms with Crippen molar-refractivity contribution in [3.63, 3.8) is 0 Å². The van der Waals surface area contributed by atoms with Gasteiger partial charge >= 0.3 is 5.97 Å². The molecular formula is C17H22FNO4. The first-order valence-electron chi connectivity index (χ1n) is 7.51. The standard InChI is InChI=1S/C17H22FNO4/c1-16(2,12-4-6-13(18)7-5-12)14(20)19-9-8-17(10-19,11-23-3)15(21)22/h4-7H,8-11H2,1-3H3,(H,21,22). The number of aliphatic carboxylic acids is 1. The molecular weight excluding hydrogens is 301 g/mol. The molecule has 1 fully saturated rings. The molecule has 1 unspecified atom stereocenters. The molecule has 1 saturated heterocycles. The van der Waals surface area contributed by atoms with Crippen LogP contribution in [0, 0.1) is 11.2 Å². The Morgan fingerprint density at radius 3 is 2.48 bits per heavy atom. The summed E-state index contributed by atoms with van der Waals surface area (Å²) in [6, 6.07) is 5.81. The van der Waals surface area contributed by atoms with Crippen molar-refractivity contribution in [1.82, 2.24) is 4.90 Å². The number of carbonyl (C=O) groups is 2. The molecule has 0 radical (unpaired) electrons. The summed E-state index contributed by atoms with van der Waals surface area (Å²) >= 11 is 0. The van der Waals surface area contributed by atoms with Crippen LogP contribution in [0.5, 0.6) is 0 Å². The molecule has 1 aliphatic heterocycles. The van der Waals surface area contributed by atoms with Crippen LogP contribution in [-0.4, -0.2) is 48.7 Å². The largest absolute Gasteiger partial charge is 0.481 e. The first-order chi connectivity index (χ1) is 10.7. The van der Waals surface area contributed by atoms with Crippen LogP contribution < -0.4 is 0 Å². The summed E-state index contributed by atoms with van der Waals surface area (Å²) in [6.07, 6.45) is 0.363. The molecule has 1 N–H and O–H groups in total. The van der Waals surface area contributed by atoms with Crippen LogP contribution in [0.3, 0.4) is 0 Å². The SMILES string of the molecule is COCC1(C(=O)O)CCN(C(=O)C(C)(C)c2ccc(F)cc2)C1. The van der Waals surface area contributed by atoms with E-state index in [1.165, 1.54) is 19.2 Å². The normalized spacial score (nSPS) is 21.5. The second kappa shape index (κ2) is 6.28. The summed E-state index contributed by atoms with van der Waals surface area (Å²) in [5, 5.41) is 9.49. The molecule has 2 rings (SSSR count). The predicted octanol–water partition coefficient (Wildman–Crippen LogP) is 2.05. The predicted molar refractivity (Wildman–Crippen MR) is 82.6 cm³/mol. The molecule has 1 aromatic rings. The van der Waals surface area contributed by atoms with E-state index in [-0.39, 0.29) is 24.9 Å². The summed E-state index contributed by atoms with van der Waals surface area (Å²) in [4.78, 5) is 26.0. The summed E-state index contributed by atoms with van der Waals surface area (Å²) < 4.78 is 18.1. The Balaban J connectivity index is 2.20. The lowest BCUT2D eigenvalue weighted by atomic mass is 9.83. The van der Waals surface area contributed by atoms with Crippen LogP contribution >= 0.6 is 0 Å². The number of hydrogen-bond donors (Lipinski definition) is 1. The van der Waals surface area contributed by atoms with Crippen molar-refractivity contribution in [1.29, 1.82) is 0 Å². The summed E-state index contributed by atoms with van der Waals surface area (Å²) in [5.74, 6) is -1.47. The molecule has 126 valence electrons. The third kappa shape index (κ3) is 3.22. The fourth-order valence-electron chi connectivity index (χ4n) is 3.06. The molecule has 1 aromatic carbocycles. The summed E-state index contributed by atoms with van der Waals surface area (Å²) in [5.41, 5.74) is -1.21. The van der Waals surface area contributed by atoms with Crippen molar-refractivity contribution < 1.29 is 23.8 Å². The van der Waals surface area contributed by atoms with Gasteiger partial charge in [0, 0.05) is 20.2 Å². The highest BCUT2D eigenvalue weighted by Crippen LogP contribution is 2.35. The number of ether oxygens (including phenoxy) is 1. The molecule has 1 heterocycles. The Hall–Kier alpha value is -1.95. The van der Waals surface area contributed by atoms with Gasteiger partial charge in [-0.05, 0) is 38.0 Å². The van der Waals surface area contributed by atoms with E-state index in [2.05, 4.69) is 0 Å². The van der Waals surface area contributed by atoms with E-state index in [0.717, 1.165) is 0 Å². The second-order valence-electron chi connectivity index (χ2n) is 6.63. The molecule has 5 nitrogen and oxygen atoms in total. The number of benzene rings is 1. The van der Waals surface area contributed by atoms with Crippen LogP contribution in [0.4, 0.5) is 4.39 Å². The highest BCUT2D eigenvalue weighted by Gasteiger charge is 2.48. The quantitative estimate of drug-likeness (QED) is 0.900. The average Bonchev–Trinajstić information content (AvgIpc) is 2.93. The zero-order valence-corrected chi connectivity index (χ0v) is 13.6. The van der Waals surface area contributed by atoms with Gasteiger partial charge in [-0.3, -0.25) is 9.59 Å². The lowest BCUT2D eigenvalue weighted by Crippen LogP contribution is -2.45. The van der Waals surface area contributed by atoms with Gasteiger partial charge in [-0.1, -0.05) is 12.1 Å². The fraction of sp³-hybridized carbons (Fsp3) is 0.529. The number of rotatable bonds is 5. The van der Waals surface area contributed by atoms with Crippen LogP contribution in [0.1, 0.15) is 25.8 Å². The van der Waals surface area contributed by atoms with Crippen molar-refractivity contribution in [2.24, 2.45) is 5.41 Å². The molecule has 0 bridgehead atoms. The third-order valence-corrected chi connectivity index (χ3v) is 4.62. The molecule has 0 spiro atoms. The Morgan fingerprint density at radius 2 is 1.96 bits per heavy atom. The minimum Gasteiger partial charge on any atom is -0.481 e. The van der Waals surface area contributed by atoms with E-state index >= 15 is 0 Å². The van der Waals surface area contributed by atoms with E-state index in [9.17, 15) is 19.1 Å². The number of hydrogen-bond acceptors (Lipinski definition) is 3. The molecule has 23 heavy (non-hydrogen) atoms. The highest BCUT2D eigenvalue weighted by atomic mass is 19.1. The number of nitrogens with zero attached hydrogens (tertiary/aromatic N) is 1. The van der Waals surface area contributed by atoms with E-state index < -0.39 is 16.8 Å². The zero-order valence-electron chi connectivity index (χ0n) is 13.6. The van der Waals surface area contributed by atoms with Crippen LogP contribution in [0.15, 0.2) is 24.3 Å². The van der Waals surface area contributed by atoms with Crippen molar-refractivity contribution in [3.05, 3.63) is 35.6 Å². The number of carboxylic acids is 1. The first kappa shape index (κ1) is 17.4. The first-order valence-corrected chi connectivity index (χ1v) is 7.51. The fourth-order valence-corrected chi connectivity index (χ4v) is 3.06. The van der Waals surface area contributed by atoms with Gasteiger partial charge in [-0.15, -0.1) is 0 Å². The van der Waals surface area contributed by atoms with Gasteiger partial charge in [-0.25, -0.2) is 4.39 Å². The topological polar surface area (TPSA) is 66.8 Å². The van der Waals surface area contributed by atoms with Gasteiger partial charge in [0.25, 0.3) is 0 Å². The van der Waals surface area contributed by atoms with E-state index in [4.69, 9.17) is 4.74 Å². The monoisotopic (exact) mass is 323 g/mol. The van der Waals surface area contributed by atoms with Gasteiger partial charge in [0.1, 0.15) is 11.2 Å². The van der Waals surface area contributed by atoms with Crippen LogP contribution in [-0.2, 0) is 19.7 Å². The molecule has 1 amide bonds. The minimum absolute atomic E-state index is 0.0725. The van der Waals surface area contributed by atoms with Crippen LogP contribution in [0.2, 0.25) is 0 Å². The molecule has 6 heteroatoms. The molecule has 1 aliphatic rings. The van der Waals surface area contributed by atoms with E-state index in [0.29, 0.717) is 18.5 Å². The van der Waals surface area contributed by atoms with E-state index in [1.807, 2.05) is 0 Å². The number of halogens is 1. The Morgan fingerprint density at radius 1 is 1.35 bits per heavy atom. The van der Waals surface area contributed by atoms with Gasteiger partial charge in [0.15, 0.2) is 0 Å². The van der Waals surface area contributed by atoms with Gasteiger partial charge in [-0.2, -0.15) is 0 Å². The smallest absolute Gasteiger partial charge is 0.313 e. The maximum absolute atomic E-state index is 13.1.